The molecule has 0 aliphatic carbocycles. The van der Waals surface area contributed by atoms with E-state index >= 15 is 0 Å². The molecule has 1 saturated heterocycles. The van der Waals surface area contributed by atoms with Gasteiger partial charge in [-0.1, -0.05) is 6.42 Å². The molecule has 1 rings (SSSR count). The summed E-state index contributed by atoms with van der Waals surface area (Å²) in [4.78, 5) is 2.56. The maximum atomic E-state index is 6.05. The highest BCUT2D eigenvalue weighted by atomic mass is 15.2. The summed E-state index contributed by atoms with van der Waals surface area (Å²) in [6.45, 7) is 9.89. The van der Waals surface area contributed by atoms with Crippen molar-refractivity contribution in [1.82, 2.24) is 4.90 Å². The first kappa shape index (κ1) is 11.0. The van der Waals surface area contributed by atoms with Gasteiger partial charge >= 0.3 is 0 Å². The minimum atomic E-state index is -0.0557. The van der Waals surface area contributed by atoms with Gasteiger partial charge in [0.25, 0.3) is 0 Å². The first-order valence-electron chi connectivity index (χ1n) is 5.45. The van der Waals surface area contributed by atoms with E-state index in [2.05, 4.69) is 32.6 Å². The lowest BCUT2D eigenvalue weighted by Gasteiger charge is -2.42. The number of nitrogens with zero attached hydrogens (tertiary/aromatic N) is 1. The van der Waals surface area contributed by atoms with Crippen LogP contribution in [-0.4, -0.2) is 29.1 Å². The second-order valence-corrected chi connectivity index (χ2v) is 5.29. The Morgan fingerprint density at radius 2 is 1.69 bits per heavy atom. The third-order valence-electron chi connectivity index (χ3n) is 2.97. The van der Waals surface area contributed by atoms with Crippen LogP contribution < -0.4 is 5.73 Å². The van der Waals surface area contributed by atoms with E-state index in [9.17, 15) is 0 Å². The van der Waals surface area contributed by atoms with Crippen molar-refractivity contribution in [2.24, 2.45) is 5.73 Å². The van der Waals surface area contributed by atoms with Crippen molar-refractivity contribution in [2.75, 3.05) is 6.54 Å². The summed E-state index contributed by atoms with van der Waals surface area (Å²) < 4.78 is 0. The zero-order valence-electron chi connectivity index (χ0n) is 9.51. The van der Waals surface area contributed by atoms with E-state index in [1.807, 2.05) is 0 Å². The first-order chi connectivity index (χ1) is 5.90. The van der Waals surface area contributed by atoms with Crippen molar-refractivity contribution in [3.05, 3.63) is 0 Å². The van der Waals surface area contributed by atoms with Crippen LogP contribution in [0.1, 0.15) is 47.0 Å². The van der Waals surface area contributed by atoms with E-state index in [4.69, 9.17) is 5.73 Å². The molecule has 0 aromatic heterocycles. The Morgan fingerprint density at radius 3 is 2.08 bits per heavy atom. The van der Waals surface area contributed by atoms with Crippen LogP contribution in [0.5, 0.6) is 0 Å². The molecule has 0 radical (unpaired) electrons. The van der Waals surface area contributed by atoms with Gasteiger partial charge in [-0.2, -0.15) is 0 Å². The number of hydrogen-bond donors (Lipinski definition) is 1. The highest BCUT2D eigenvalue weighted by Crippen LogP contribution is 2.23. The second-order valence-electron chi connectivity index (χ2n) is 5.29. The molecule has 13 heavy (non-hydrogen) atoms. The minimum Gasteiger partial charge on any atom is -0.324 e. The molecule has 2 heteroatoms. The number of hydrogen-bond acceptors (Lipinski definition) is 2. The zero-order chi connectivity index (χ0) is 10.1. The summed E-state index contributed by atoms with van der Waals surface area (Å²) in [6.07, 6.45) is 4.05. The smallest absolute Gasteiger partial charge is 0.0226 e. The summed E-state index contributed by atoms with van der Waals surface area (Å²) in [6, 6.07) is 1.43. The lowest BCUT2D eigenvalue weighted by atomic mass is 9.94. The number of nitrogens with two attached hydrogens (primary N) is 1. The van der Waals surface area contributed by atoms with E-state index in [0.29, 0.717) is 12.1 Å². The Kier molecular flexibility index (Phi) is 3.36. The zero-order valence-corrected chi connectivity index (χ0v) is 9.51. The van der Waals surface area contributed by atoms with Crippen LogP contribution in [0.15, 0.2) is 0 Å². The van der Waals surface area contributed by atoms with Crippen LogP contribution in [0, 0.1) is 0 Å². The van der Waals surface area contributed by atoms with Crippen molar-refractivity contribution in [1.29, 1.82) is 0 Å². The lowest BCUT2D eigenvalue weighted by Crippen LogP contribution is -2.53. The fourth-order valence-corrected chi connectivity index (χ4v) is 2.26. The van der Waals surface area contributed by atoms with Gasteiger partial charge in [0.1, 0.15) is 0 Å². The maximum absolute atomic E-state index is 6.05. The maximum Gasteiger partial charge on any atom is 0.0226 e. The summed E-state index contributed by atoms with van der Waals surface area (Å²) in [5.41, 5.74) is 5.99. The van der Waals surface area contributed by atoms with Gasteiger partial charge in [-0.05, 0) is 40.5 Å². The molecule has 1 aliphatic heterocycles. The Labute approximate surface area is 82.5 Å². The molecule has 2 atom stereocenters. The van der Waals surface area contributed by atoms with Gasteiger partial charge in [-0.3, -0.25) is 4.90 Å². The molecule has 0 saturated carbocycles. The van der Waals surface area contributed by atoms with E-state index < -0.39 is 0 Å². The average molecular weight is 184 g/mol. The molecule has 0 unspecified atom stereocenters. The Bertz CT molecular complexity index is 150. The average Bonchev–Trinajstić information content (AvgIpc) is 1.95. The van der Waals surface area contributed by atoms with Gasteiger partial charge in [-0.15, -0.1) is 0 Å². The Morgan fingerprint density at radius 1 is 1.23 bits per heavy atom. The van der Waals surface area contributed by atoms with Gasteiger partial charge in [0.05, 0.1) is 0 Å². The number of rotatable bonds is 2. The summed E-state index contributed by atoms with van der Waals surface area (Å²) in [5, 5.41) is 0. The monoisotopic (exact) mass is 184 g/mol. The molecule has 1 fully saturated rings. The Balaban J connectivity index is 2.54. The van der Waals surface area contributed by atoms with Gasteiger partial charge < -0.3 is 5.73 Å². The van der Waals surface area contributed by atoms with Gasteiger partial charge in [0, 0.05) is 24.2 Å². The third kappa shape index (κ3) is 3.28. The molecule has 0 aromatic carbocycles. The molecule has 0 amide bonds. The van der Waals surface area contributed by atoms with E-state index in [1.54, 1.807) is 0 Å². The molecule has 78 valence electrons. The quantitative estimate of drug-likeness (QED) is 0.711. The first-order valence-corrected chi connectivity index (χ1v) is 5.45. The molecule has 2 N–H and O–H groups in total. The minimum absolute atomic E-state index is 0.0557. The number of likely N-dealkylation sites (tertiary alicyclic amines) is 1. The molecule has 0 bridgehead atoms. The number of piperidine rings is 1. The molecular weight excluding hydrogens is 160 g/mol. The van der Waals surface area contributed by atoms with Crippen molar-refractivity contribution >= 4 is 0 Å². The van der Waals surface area contributed by atoms with Crippen LogP contribution >= 0.6 is 0 Å². The molecule has 1 heterocycles. The SMILES string of the molecule is C[C@@H]1CCC[C@@H](C)N1CC(C)(C)N. The van der Waals surface area contributed by atoms with E-state index in [-0.39, 0.29) is 5.54 Å². The third-order valence-corrected chi connectivity index (χ3v) is 2.97. The van der Waals surface area contributed by atoms with Crippen LogP contribution in [-0.2, 0) is 0 Å². The second kappa shape index (κ2) is 3.97. The largest absolute Gasteiger partial charge is 0.324 e. The molecule has 1 aliphatic rings. The topological polar surface area (TPSA) is 29.3 Å². The summed E-state index contributed by atoms with van der Waals surface area (Å²) >= 11 is 0. The summed E-state index contributed by atoms with van der Waals surface area (Å²) in [5.74, 6) is 0. The van der Waals surface area contributed by atoms with Crippen molar-refractivity contribution in [3.8, 4) is 0 Å². The van der Waals surface area contributed by atoms with Gasteiger partial charge in [0.15, 0.2) is 0 Å². The van der Waals surface area contributed by atoms with Gasteiger partial charge in [0.2, 0.25) is 0 Å². The predicted molar refractivity (Wildman–Crippen MR) is 57.7 cm³/mol. The lowest BCUT2D eigenvalue weighted by molar-refractivity contribution is 0.0825. The highest BCUT2D eigenvalue weighted by molar-refractivity contribution is 4.86. The van der Waals surface area contributed by atoms with Gasteiger partial charge in [-0.25, -0.2) is 0 Å². The van der Waals surface area contributed by atoms with E-state index in [0.717, 1.165) is 6.54 Å². The van der Waals surface area contributed by atoms with Crippen molar-refractivity contribution in [3.63, 3.8) is 0 Å². The Hall–Kier alpha value is -0.0800. The molecule has 0 aromatic rings. The van der Waals surface area contributed by atoms with Crippen molar-refractivity contribution in [2.45, 2.75) is 64.6 Å². The summed E-state index contributed by atoms with van der Waals surface area (Å²) in [7, 11) is 0. The molecule has 0 spiro atoms. The van der Waals surface area contributed by atoms with Crippen molar-refractivity contribution < 1.29 is 0 Å². The normalized spacial score (nSPS) is 32.1. The van der Waals surface area contributed by atoms with Crippen LogP contribution in [0.3, 0.4) is 0 Å². The fourth-order valence-electron chi connectivity index (χ4n) is 2.26. The molecular formula is C11H24N2. The fraction of sp³-hybridized carbons (Fsp3) is 1.00. The van der Waals surface area contributed by atoms with Crippen LogP contribution in [0.25, 0.3) is 0 Å². The van der Waals surface area contributed by atoms with Crippen LogP contribution in [0.4, 0.5) is 0 Å². The highest BCUT2D eigenvalue weighted by Gasteiger charge is 2.28. The standard InChI is InChI=1S/C11H24N2/c1-9-6-5-7-10(2)13(9)8-11(3,4)12/h9-10H,5-8,12H2,1-4H3/t9-,10-/m1/s1. The predicted octanol–water partition coefficient (Wildman–Crippen LogP) is 1.99. The van der Waals surface area contributed by atoms with E-state index in [1.165, 1.54) is 19.3 Å². The van der Waals surface area contributed by atoms with Crippen LogP contribution in [0.2, 0.25) is 0 Å². The molecule has 2 nitrogen and oxygen atoms in total.